The van der Waals surface area contributed by atoms with Gasteiger partial charge in [0.25, 0.3) is 5.91 Å². The van der Waals surface area contributed by atoms with Crippen LogP contribution in [0, 0.1) is 5.92 Å². The third kappa shape index (κ3) is 8.66. The fourth-order valence-electron chi connectivity index (χ4n) is 4.81. The second-order valence-corrected chi connectivity index (χ2v) is 10.8. The van der Waals surface area contributed by atoms with Crippen LogP contribution in [0.2, 0.25) is 0 Å². The topological polar surface area (TPSA) is 93.4 Å². The number of rotatable bonds is 13. The van der Waals surface area contributed by atoms with E-state index in [4.69, 9.17) is 14.6 Å². The summed E-state index contributed by atoms with van der Waals surface area (Å²) in [5.41, 5.74) is 5.06. The van der Waals surface area contributed by atoms with E-state index in [0.29, 0.717) is 6.42 Å². The van der Waals surface area contributed by atoms with Crippen LogP contribution in [0.1, 0.15) is 38.3 Å². The number of hydrogen-bond acceptors (Lipinski definition) is 5. The van der Waals surface area contributed by atoms with Crippen LogP contribution in [0.25, 0.3) is 22.3 Å². The first-order valence-corrected chi connectivity index (χ1v) is 14.4. The zero-order valence-corrected chi connectivity index (χ0v) is 25.1. The normalized spacial score (nSPS) is 13.0. The van der Waals surface area contributed by atoms with Gasteiger partial charge >= 0.3 is 5.97 Å². The first-order chi connectivity index (χ1) is 20.7. The van der Waals surface area contributed by atoms with Crippen molar-refractivity contribution in [3.63, 3.8) is 0 Å². The van der Waals surface area contributed by atoms with E-state index in [-0.39, 0.29) is 30.8 Å². The van der Waals surface area contributed by atoms with Crippen LogP contribution in [0.15, 0.2) is 108 Å². The molecule has 0 aliphatic heterocycles. The van der Waals surface area contributed by atoms with Crippen molar-refractivity contribution < 1.29 is 24.3 Å². The second-order valence-electron chi connectivity index (χ2n) is 10.8. The third-order valence-electron chi connectivity index (χ3n) is 7.13. The molecule has 0 fully saturated rings. The molecule has 0 aliphatic rings. The molecule has 0 saturated carbocycles. The Kier molecular flexibility index (Phi) is 10.9. The molecular formula is C35H39N3O5. The lowest BCUT2D eigenvalue weighted by molar-refractivity contribution is -0.170. The number of aliphatic imine (C=N–C) groups is 1. The number of hydrogen-bond donors (Lipinski definition) is 1. The van der Waals surface area contributed by atoms with Crippen molar-refractivity contribution in [3.05, 3.63) is 109 Å². The van der Waals surface area contributed by atoms with E-state index in [9.17, 15) is 14.7 Å². The van der Waals surface area contributed by atoms with E-state index in [1.807, 2.05) is 93.0 Å². The van der Waals surface area contributed by atoms with Gasteiger partial charge in [-0.15, -0.1) is 0 Å². The molecular weight excluding hydrogens is 542 g/mol. The van der Waals surface area contributed by atoms with Gasteiger partial charge in [0, 0.05) is 19.4 Å². The molecule has 3 aromatic carbocycles. The summed E-state index contributed by atoms with van der Waals surface area (Å²) in [4.78, 5) is 35.3. The molecule has 4 rings (SSSR count). The van der Waals surface area contributed by atoms with Crippen LogP contribution in [-0.4, -0.2) is 52.7 Å². The van der Waals surface area contributed by atoms with Crippen LogP contribution in [0.3, 0.4) is 0 Å². The molecule has 0 spiro atoms. The summed E-state index contributed by atoms with van der Waals surface area (Å²) in [7, 11) is 2.95. The van der Waals surface area contributed by atoms with Crippen molar-refractivity contribution in [1.29, 1.82) is 0 Å². The number of hydroxylamine groups is 2. The molecule has 0 unspecified atom stereocenters. The largest absolute Gasteiger partial charge is 0.481 e. The summed E-state index contributed by atoms with van der Waals surface area (Å²) in [5.74, 6) is -1.02. The minimum atomic E-state index is -1.01. The van der Waals surface area contributed by atoms with Crippen molar-refractivity contribution in [2.24, 2.45) is 10.9 Å². The smallest absolute Gasteiger partial charge is 0.305 e. The molecule has 0 radical (unpaired) electrons. The van der Waals surface area contributed by atoms with Crippen molar-refractivity contribution in [2.45, 2.75) is 45.4 Å². The first kappa shape index (κ1) is 31.3. The third-order valence-corrected chi connectivity index (χ3v) is 7.13. The molecule has 1 aromatic heterocycles. The average Bonchev–Trinajstić information content (AvgIpc) is 3.51. The molecule has 0 bridgehead atoms. The van der Waals surface area contributed by atoms with Crippen LogP contribution in [-0.2, 0) is 25.8 Å². The van der Waals surface area contributed by atoms with Gasteiger partial charge in [-0.25, -0.2) is 10.1 Å². The second kappa shape index (κ2) is 15.0. The van der Waals surface area contributed by atoms with Gasteiger partial charge < -0.3 is 14.4 Å². The first-order valence-electron chi connectivity index (χ1n) is 14.4. The Hall–Kier alpha value is -4.69. The number of carbonyl (C=O) groups is 2. The molecule has 0 saturated heterocycles. The van der Waals surface area contributed by atoms with Crippen molar-refractivity contribution in [2.75, 3.05) is 14.2 Å². The Balaban J connectivity index is 1.71. The fourth-order valence-corrected chi connectivity index (χ4v) is 4.81. The summed E-state index contributed by atoms with van der Waals surface area (Å²) in [6.07, 6.45) is 3.88. The van der Waals surface area contributed by atoms with E-state index >= 15 is 0 Å². The fraction of sp³-hybridized carbons (Fsp3) is 0.286. The molecule has 43 heavy (non-hydrogen) atoms. The molecule has 4 aromatic rings. The van der Waals surface area contributed by atoms with Crippen LogP contribution >= 0.6 is 0 Å². The Morgan fingerprint density at radius 2 is 1.44 bits per heavy atom. The number of amides is 1. The number of carboxylic acid groups (broad SMARTS) is 1. The quantitative estimate of drug-likeness (QED) is 0.105. The highest BCUT2D eigenvalue weighted by molar-refractivity contribution is 5.89. The summed E-state index contributed by atoms with van der Waals surface area (Å²) in [6, 6.07) is 28.3. The average molecular weight is 582 g/mol. The highest BCUT2D eigenvalue weighted by Crippen LogP contribution is 2.28. The molecule has 1 heterocycles. The zero-order chi connectivity index (χ0) is 30.8. The maximum atomic E-state index is 13.2. The Bertz CT molecular complexity index is 1500. The van der Waals surface area contributed by atoms with Crippen LogP contribution in [0.4, 0.5) is 0 Å². The molecule has 224 valence electrons. The lowest BCUT2D eigenvalue weighted by Crippen LogP contribution is -2.37. The van der Waals surface area contributed by atoms with E-state index < -0.39 is 18.1 Å². The number of aromatic nitrogens is 1. The van der Waals surface area contributed by atoms with E-state index in [1.54, 1.807) is 4.57 Å². The lowest BCUT2D eigenvalue weighted by atomic mass is 10.0. The minimum Gasteiger partial charge on any atom is -0.481 e. The van der Waals surface area contributed by atoms with E-state index in [0.717, 1.165) is 32.9 Å². The van der Waals surface area contributed by atoms with Crippen molar-refractivity contribution in [1.82, 2.24) is 9.63 Å². The number of benzene rings is 3. The monoisotopic (exact) mass is 581 g/mol. The predicted octanol–water partition coefficient (Wildman–Crippen LogP) is 6.89. The molecule has 1 N–H and O–H groups in total. The van der Waals surface area contributed by atoms with Gasteiger partial charge in [-0.3, -0.25) is 14.4 Å². The SMILES string of the molecule is CON(C)C(=O)[C@H](CC(C)C)N=C(OCc1ccccc1)[C@@H](CC(=O)O)n1ccc(-c2ccc(-c3ccccc3)cc2)c1. The predicted molar refractivity (Wildman–Crippen MR) is 168 cm³/mol. The number of nitrogens with zero attached hydrogens (tertiary/aromatic N) is 3. The maximum Gasteiger partial charge on any atom is 0.305 e. The Morgan fingerprint density at radius 3 is 2.02 bits per heavy atom. The highest BCUT2D eigenvalue weighted by Gasteiger charge is 2.29. The number of likely N-dealkylation sites (N-methyl/N-ethyl adjacent to an activating group) is 1. The zero-order valence-electron chi connectivity index (χ0n) is 25.1. The molecule has 8 nitrogen and oxygen atoms in total. The van der Waals surface area contributed by atoms with Gasteiger partial charge in [-0.1, -0.05) is 98.8 Å². The van der Waals surface area contributed by atoms with Crippen molar-refractivity contribution in [3.8, 4) is 22.3 Å². The number of carbonyl (C=O) groups excluding carboxylic acids is 1. The summed E-state index contributed by atoms with van der Waals surface area (Å²) in [6.45, 7) is 4.18. The Morgan fingerprint density at radius 1 is 0.860 bits per heavy atom. The van der Waals surface area contributed by atoms with Gasteiger partial charge in [0.05, 0.1) is 13.5 Å². The van der Waals surface area contributed by atoms with Gasteiger partial charge in [-0.2, -0.15) is 0 Å². The van der Waals surface area contributed by atoms with Crippen LogP contribution < -0.4 is 0 Å². The number of carboxylic acids is 1. The van der Waals surface area contributed by atoms with Gasteiger partial charge in [0.2, 0.25) is 5.90 Å². The maximum absolute atomic E-state index is 13.2. The van der Waals surface area contributed by atoms with Crippen molar-refractivity contribution >= 4 is 17.8 Å². The summed E-state index contributed by atoms with van der Waals surface area (Å²) < 4.78 is 8.06. The summed E-state index contributed by atoms with van der Waals surface area (Å²) >= 11 is 0. The standard InChI is InChI=1S/C35H39N3O5/c1-25(2)21-31(35(41)37(3)42-4)36-34(43-24-26-11-7-5-8-12-26)32(22-33(39)40)38-20-19-30(23-38)29-17-15-28(16-18-29)27-13-9-6-10-14-27/h5-20,23,25,31-32H,21-22,24H2,1-4H3,(H,39,40)/t31-,32+/m0/s1. The molecule has 8 heteroatoms. The Labute approximate surface area is 253 Å². The van der Waals surface area contributed by atoms with E-state index in [2.05, 4.69) is 24.3 Å². The van der Waals surface area contributed by atoms with Crippen LogP contribution in [0.5, 0.6) is 0 Å². The molecule has 1 amide bonds. The van der Waals surface area contributed by atoms with Gasteiger partial charge in [0.15, 0.2) is 0 Å². The molecule has 2 atom stereocenters. The number of aliphatic carboxylic acids is 1. The minimum absolute atomic E-state index is 0.147. The summed E-state index contributed by atoms with van der Waals surface area (Å²) in [5, 5.41) is 11.1. The lowest BCUT2D eigenvalue weighted by Gasteiger charge is -2.25. The van der Waals surface area contributed by atoms with Gasteiger partial charge in [-0.05, 0) is 46.2 Å². The highest BCUT2D eigenvalue weighted by atomic mass is 16.7. The molecule has 0 aliphatic carbocycles. The van der Waals surface area contributed by atoms with E-state index in [1.165, 1.54) is 14.2 Å². The number of ether oxygens (including phenoxy) is 1. The van der Waals surface area contributed by atoms with Gasteiger partial charge in [0.1, 0.15) is 18.7 Å².